The first-order valence-electron chi connectivity index (χ1n) is 9.15. The fourth-order valence-electron chi connectivity index (χ4n) is 2.61. The molecule has 6 heteroatoms. The maximum absolute atomic E-state index is 13.9. The Labute approximate surface area is 159 Å². The number of hydrogen-bond donors (Lipinski definition) is 3. The zero-order chi connectivity index (χ0) is 19.6. The van der Waals surface area contributed by atoms with Crippen molar-refractivity contribution in [3.63, 3.8) is 0 Å². The summed E-state index contributed by atoms with van der Waals surface area (Å²) in [6, 6.07) is 12.3. The van der Waals surface area contributed by atoms with E-state index in [2.05, 4.69) is 24.5 Å². The van der Waals surface area contributed by atoms with E-state index >= 15 is 0 Å². The van der Waals surface area contributed by atoms with Gasteiger partial charge in [-0.2, -0.15) is 0 Å². The van der Waals surface area contributed by atoms with Crippen LogP contribution in [0.3, 0.4) is 0 Å². The highest BCUT2D eigenvalue weighted by atomic mass is 19.1. The third kappa shape index (κ3) is 6.90. The summed E-state index contributed by atoms with van der Waals surface area (Å²) in [7, 11) is 0. The van der Waals surface area contributed by atoms with Gasteiger partial charge in [0.2, 0.25) is 0 Å². The molecule has 2 amide bonds. The van der Waals surface area contributed by atoms with Crippen molar-refractivity contribution in [3.8, 4) is 5.75 Å². The van der Waals surface area contributed by atoms with Crippen molar-refractivity contribution in [2.45, 2.75) is 32.7 Å². The number of rotatable bonds is 9. The van der Waals surface area contributed by atoms with Crippen LogP contribution in [0.4, 0.5) is 14.9 Å². The molecule has 2 aromatic rings. The number of aliphatic hydroxyl groups excluding tert-OH is 1. The summed E-state index contributed by atoms with van der Waals surface area (Å²) >= 11 is 0. The van der Waals surface area contributed by atoms with Crippen LogP contribution in [-0.2, 0) is 0 Å². The largest absolute Gasteiger partial charge is 0.490 e. The van der Waals surface area contributed by atoms with Crippen LogP contribution in [0.25, 0.3) is 0 Å². The molecule has 5 nitrogen and oxygen atoms in total. The Morgan fingerprint density at radius 3 is 2.59 bits per heavy atom. The van der Waals surface area contributed by atoms with Gasteiger partial charge in [0, 0.05) is 11.8 Å². The van der Waals surface area contributed by atoms with Crippen molar-refractivity contribution in [2.24, 2.45) is 5.92 Å². The minimum Gasteiger partial charge on any atom is -0.490 e. The topological polar surface area (TPSA) is 70.6 Å². The Hall–Kier alpha value is -2.60. The number of halogens is 1. The van der Waals surface area contributed by atoms with Crippen LogP contribution in [0.5, 0.6) is 5.75 Å². The SMILES string of the molecule is CC(C)CCCOc1cc(NC(=O)N[C@@H](CO)c2ccccc2)ccc1F. The average Bonchev–Trinajstić information content (AvgIpc) is 2.66. The number of hydrogen-bond acceptors (Lipinski definition) is 3. The van der Waals surface area contributed by atoms with Gasteiger partial charge in [0.25, 0.3) is 0 Å². The first-order chi connectivity index (χ1) is 13.0. The van der Waals surface area contributed by atoms with Crippen molar-refractivity contribution in [2.75, 3.05) is 18.5 Å². The van der Waals surface area contributed by atoms with E-state index in [1.165, 1.54) is 18.2 Å². The Morgan fingerprint density at radius 2 is 1.93 bits per heavy atom. The Kier molecular flexibility index (Phi) is 8.07. The van der Waals surface area contributed by atoms with Crippen molar-refractivity contribution in [3.05, 3.63) is 59.9 Å². The molecule has 0 aromatic heterocycles. The summed E-state index contributed by atoms with van der Waals surface area (Å²) in [5.41, 5.74) is 1.21. The lowest BCUT2D eigenvalue weighted by molar-refractivity contribution is 0.225. The quantitative estimate of drug-likeness (QED) is 0.566. The average molecular weight is 374 g/mol. The lowest BCUT2D eigenvalue weighted by Crippen LogP contribution is -2.34. The van der Waals surface area contributed by atoms with Gasteiger partial charge in [-0.05, 0) is 36.5 Å². The fraction of sp³-hybridized carbons (Fsp3) is 0.381. The van der Waals surface area contributed by atoms with Gasteiger partial charge in [0.05, 0.1) is 19.3 Å². The van der Waals surface area contributed by atoms with E-state index in [0.29, 0.717) is 18.2 Å². The van der Waals surface area contributed by atoms with Crippen LogP contribution in [0.1, 0.15) is 38.3 Å². The highest BCUT2D eigenvalue weighted by molar-refractivity contribution is 5.89. The normalized spacial score (nSPS) is 11.9. The third-order valence-electron chi connectivity index (χ3n) is 4.06. The molecule has 0 saturated heterocycles. The van der Waals surface area contributed by atoms with Crippen LogP contribution in [0.2, 0.25) is 0 Å². The molecule has 3 N–H and O–H groups in total. The number of ether oxygens (including phenoxy) is 1. The zero-order valence-electron chi connectivity index (χ0n) is 15.7. The number of nitrogens with one attached hydrogen (secondary N) is 2. The van der Waals surface area contributed by atoms with Crippen LogP contribution in [0.15, 0.2) is 48.5 Å². The van der Waals surface area contributed by atoms with Gasteiger partial charge in [0.15, 0.2) is 11.6 Å². The molecule has 0 bridgehead atoms. The van der Waals surface area contributed by atoms with Crippen molar-refractivity contribution >= 4 is 11.7 Å². The molecular weight excluding hydrogens is 347 g/mol. The number of carbonyl (C=O) groups is 1. The van der Waals surface area contributed by atoms with E-state index in [-0.39, 0.29) is 12.4 Å². The van der Waals surface area contributed by atoms with Crippen LogP contribution in [-0.4, -0.2) is 24.4 Å². The van der Waals surface area contributed by atoms with Gasteiger partial charge >= 0.3 is 6.03 Å². The summed E-state index contributed by atoms with van der Waals surface area (Å²) in [5, 5.41) is 14.9. The van der Waals surface area contributed by atoms with E-state index in [9.17, 15) is 14.3 Å². The van der Waals surface area contributed by atoms with Gasteiger partial charge in [-0.25, -0.2) is 9.18 Å². The number of urea groups is 1. The lowest BCUT2D eigenvalue weighted by Gasteiger charge is -2.17. The maximum Gasteiger partial charge on any atom is 0.319 e. The van der Waals surface area contributed by atoms with Crippen LogP contribution >= 0.6 is 0 Å². The highest BCUT2D eigenvalue weighted by Gasteiger charge is 2.14. The van der Waals surface area contributed by atoms with Crippen molar-refractivity contribution in [1.29, 1.82) is 0 Å². The molecule has 1 atom stereocenters. The molecule has 0 unspecified atom stereocenters. The summed E-state index contributed by atoms with van der Waals surface area (Å²) in [6.07, 6.45) is 1.84. The van der Waals surface area contributed by atoms with E-state index in [1.807, 2.05) is 30.3 Å². The molecule has 2 rings (SSSR count). The van der Waals surface area contributed by atoms with Crippen molar-refractivity contribution < 1.29 is 19.0 Å². The number of carbonyl (C=O) groups excluding carboxylic acids is 1. The second kappa shape index (κ2) is 10.5. The number of anilines is 1. The molecule has 0 aliphatic rings. The number of amides is 2. The molecule has 0 fully saturated rings. The van der Waals surface area contributed by atoms with Gasteiger partial charge < -0.3 is 20.5 Å². The third-order valence-corrected chi connectivity index (χ3v) is 4.06. The van der Waals surface area contributed by atoms with Crippen molar-refractivity contribution in [1.82, 2.24) is 5.32 Å². The Bertz CT molecular complexity index is 723. The van der Waals surface area contributed by atoms with Gasteiger partial charge in [-0.1, -0.05) is 44.2 Å². The maximum atomic E-state index is 13.9. The smallest absolute Gasteiger partial charge is 0.319 e. The molecule has 27 heavy (non-hydrogen) atoms. The summed E-state index contributed by atoms with van der Waals surface area (Å²) < 4.78 is 19.4. The lowest BCUT2D eigenvalue weighted by atomic mass is 10.1. The molecule has 0 spiro atoms. The summed E-state index contributed by atoms with van der Waals surface area (Å²) in [6.45, 7) is 4.44. The second-order valence-corrected chi connectivity index (χ2v) is 6.77. The molecular formula is C21H27FN2O3. The number of aliphatic hydroxyl groups is 1. The second-order valence-electron chi connectivity index (χ2n) is 6.77. The first kappa shape index (κ1) is 20.7. The van der Waals surface area contributed by atoms with Gasteiger partial charge in [-0.15, -0.1) is 0 Å². The summed E-state index contributed by atoms with van der Waals surface area (Å²) in [4.78, 5) is 12.2. The molecule has 0 aliphatic carbocycles. The molecule has 0 aliphatic heterocycles. The predicted octanol–water partition coefficient (Wildman–Crippen LogP) is 4.50. The zero-order valence-corrected chi connectivity index (χ0v) is 15.7. The van der Waals surface area contributed by atoms with E-state index < -0.39 is 17.9 Å². The number of benzene rings is 2. The van der Waals surface area contributed by atoms with E-state index in [1.54, 1.807) is 0 Å². The Morgan fingerprint density at radius 1 is 1.19 bits per heavy atom. The minimum atomic E-state index is -0.529. The predicted molar refractivity (Wildman–Crippen MR) is 104 cm³/mol. The van der Waals surface area contributed by atoms with Crippen LogP contribution in [0, 0.1) is 11.7 Å². The Balaban J connectivity index is 1.93. The van der Waals surface area contributed by atoms with E-state index in [0.717, 1.165) is 18.4 Å². The van der Waals surface area contributed by atoms with Crippen LogP contribution < -0.4 is 15.4 Å². The van der Waals surface area contributed by atoms with Gasteiger partial charge in [0.1, 0.15) is 0 Å². The molecule has 146 valence electrons. The molecule has 0 heterocycles. The standard InChI is InChI=1S/C21H27FN2O3/c1-15(2)7-6-12-27-20-13-17(10-11-18(20)22)23-21(26)24-19(14-25)16-8-4-3-5-9-16/h3-5,8-11,13,15,19,25H,6-7,12,14H2,1-2H3,(H2,23,24,26)/t19-/m0/s1. The molecule has 0 radical (unpaired) electrons. The monoisotopic (exact) mass is 374 g/mol. The first-order valence-corrected chi connectivity index (χ1v) is 9.15. The molecule has 2 aromatic carbocycles. The summed E-state index contributed by atoms with van der Waals surface area (Å²) in [5.74, 6) is 0.209. The molecule has 0 saturated carbocycles. The van der Waals surface area contributed by atoms with E-state index in [4.69, 9.17) is 4.74 Å². The van der Waals surface area contributed by atoms with Gasteiger partial charge in [-0.3, -0.25) is 0 Å². The fourth-order valence-corrected chi connectivity index (χ4v) is 2.61. The minimum absolute atomic E-state index is 0.110. The highest BCUT2D eigenvalue weighted by Crippen LogP contribution is 2.23.